The summed E-state index contributed by atoms with van der Waals surface area (Å²) in [5, 5.41) is 11.9. The summed E-state index contributed by atoms with van der Waals surface area (Å²) in [5.41, 5.74) is 1.31. The van der Waals surface area contributed by atoms with Crippen molar-refractivity contribution in [3.8, 4) is 0 Å². The Morgan fingerprint density at radius 1 is 1.20 bits per heavy atom. The molecule has 2 aromatic rings. The first-order chi connectivity index (χ1) is 9.72. The van der Waals surface area contributed by atoms with Crippen LogP contribution in [0.3, 0.4) is 0 Å². The Balaban J connectivity index is 1.94. The number of rotatable bonds is 7. The minimum atomic E-state index is 0.761. The van der Waals surface area contributed by atoms with Crippen LogP contribution in [0.1, 0.15) is 24.7 Å². The van der Waals surface area contributed by atoms with Crippen molar-refractivity contribution in [1.82, 2.24) is 25.1 Å². The molecule has 1 aromatic heterocycles. The highest BCUT2D eigenvalue weighted by Gasteiger charge is 2.09. The van der Waals surface area contributed by atoms with Crippen LogP contribution in [0.2, 0.25) is 0 Å². The molecule has 6 heteroatoms. The Morgan fingerprint density at radius 2 is 1.95 bits per heavy atom. The Morgan fingerprint density at radius 3 is 2.60 bits per heavy atom. The SMILES string of the molecule is CCCn1nnnc1CN(C)Cc1ccc(SC)cc1. The van der Waals surface area contributed by atoms with Crippen LogP contribution in [0.15, 0.2) is 29.2 Å². The predicted molar refractivity (Wildman–Crippen MR) is 81.5 cm³/mol. The van der Waals surface area contributed by atoms with E-state index in [0.29, 0.717) is 0 Å². The van der Waals surface area contributed by atoms with E-state index in [-0.39, 0.29) is 0 Å². The van der Waals surface area contributed by atoms with Gasteiger partial charge in [0.2, 0.25) is 0 Å². The summed E-state index contributed by atoms with van der Waals surface area (Å²) >= 11 is 1.76. The Bertz CT molecular complexity index is 523. The van der Waals surface area contributed by atoms with Crippen LogP contribution >= 0.6 is 11.8 Å². The molecular weight excluding hydrogens is 270 g/mol. The lowest BCUT2D eigenvalue weighted by molar-refractivity contribution is 0.302. The zero-order chi connectivity index (χ0) is 14.4. The summed E-state index contributed by atoms with van der Waals surface area (Å²) in [6, 6.07) is 8.68. The van der Waals surface area contributed by atoms with Gasteiger partial charge in [0.1, 0.15) is 0 Å². The molecule has 0 saturated heterocycles. The van der Waals surface area contributed by atoms with Crippen LogP contribution in [0.25, 0.3) is 0 Å². The van der Waals surface area contributed by atoms with Crippen molar-refractivity contribution in [1.29, 1.82) is 0 Å². The zero-order valence-corrected chi connectivity index (χ0v) is 13.1. The molecule has 0 spiro atoms. The van der Waals surface area contributed by atoms with E-state index in [1.807, 2.05) is 4.68 Å². The number of tetrazole rings is 1. The van der Waals surface area contributed by atoms with Crippen LogP contribution in [-0.4, -0.2) is 38.4 Å². The third-order valence-corrected chi connectivity index (χ3v) is 3.81. The second-order valence-electron chi connectivity index (χ2n) is 4.84. The molecule has 0 amide bonds. The molecule has 0 unspecified atom stereocenters. The average Bonchev–Trinajstić information content (AvgIpc) is 2.87. The zero-order valence-electron chi connectivity index (χ0n) is 12.3. The van der Waals surface area contributed by atoms with Crippen molar-refractivity contribution >= 4 is 11.8 Å². The van der Waals surface area contributed by atoms with Gasteiger partial charge in [0.25, 0.3) is 0 Å². The number of hydrogen-bond donors (Lipinski definition) is 0. The standard InChI is InChI=1S/C14H21N5S/c1-4-9-19-14(15-16-17-19)11-18(2)10-12-5-7-13(20-3)8-6-12/h5-8H,4,9-11H2,1-3H3. The summed E-state index contributed by atoms with van der Waals surface area (Å²) in [6.07, 6.45) is 3.13. The van der Waals surface area contributed by atoms with E-state index in [1.165, 1.54) is 10.5 Å². The fraction of sp³-hybridized carbons (Fsp3) is 0.500. The molecule has 1 aromatic carbocycles. The maximum absolute atomic E-state index is 4.10. The number of aryl methyl sites for hydroxylation is 1. The van der Waals surface area contributed by atoms with Crippen molar-refractivity contribution < 1.29 is 0 Å². The lowest BCUT2D eigenvalue weighted by Gasteiger charge is -2.16. The van der Waals surface area contributed by atoms with Crippen molar-refractivity contribution in [2.75, 3.05) is 13.3 Å². The fourth-order valence-corrected chi connectivity index (χ4v) is 2.47. The van der Waals surface area contributed by atoms with E-state index in [9.17, 15) is 0 Å². The topological polar surface area (TPSA) is 46.8 Å². The predicted octanol–water partition coefficient (Wildman–Crippen LogP) is 2.44. The van der Waals surface area contributed by atoms with Gasteiger partial charge < -0.3 is 0 Å². The van der Waals surface area contributed by atoms with Crippen molar-refractivity contribution in [3.05, 3.63) is 35.7 Å². The van der Waals surface area contributed by atoms with Gasteiger partial charge in [-0.2, -0.15) is 0 Å². The molecule has 2 rings (SSSR count). The molecular formula is C14H21N5S. The monoisotopic (exact) mass is 291 g/mol. The number of hydrogen-bond acceptors (Lipinski definition) is 5. The Kier molecular flexibility index (Phi) is 5.55. The number of aromatic nitrogens is 4. The molecule has 0 N–H and O–H groups in total. The maximum atomic E-state index is 4.10. The van der Waals surface area contributed by atoms with Gasteiger partial charge in [-0.15, -0.1) is 16.9 Å². The molecule has 0 aliphatic heterocycles. The highest BCUT2D eigenvalue weighted by atomic mass is 32.2. The van der Waals surface area contributed by atoms with Gasteiger partial charge in [0.05, 0.1) is 6.54 Å². The largest absolute Gasteiger partial charge is 0.295 e. The molecule has 108 valence electrons. The molecule has 0 atom stereocenters. The van der Waals surface area contributed by atoms with E-state index in [2.05, 4.69) is 64.9 Å². The second-order valence-corrected chi connectivity index (χ2v) is 5.72. The second kappa shape index (κ2) is 7.40. The number of benzene rings is 1. The van der Waals surface area contributed by atoms with Crippen LogP contribution in [-0.2, 0) is 19.6 Å². The van der Waals surface area contributed by atoms with Gasteiger partial charge in [-0.3, -0.25) is 4.90 Å². The summed E-state index contributed by atoms with van der Waals surface area (Å²) in [5.74, 6) is 0.926. The lowest BCUT2D eigenvalue weighted by Crippen LogP contribution is -2.20. The Hall–Kier alpha value is -1.40. The molecule has 0 aliphatic carbocycles. The van der Waals surface area contributed by atoms with Crippen LogP contribution in [0.5, 0.6) is 0 Å². The first-order valence-corrected chi connectivity index (χ1v) is 8.02. The first-order valence-electron chi connectivity index (χ1n) is 6.79. The smallest absolute Gasteiger partial charge is 0.165 e. The van der Waals surface area contributed by atoms with Gasteiger partial charge in [0.15, 0.2) is 5.82 Å². The summed E-state index contributed by atoms with van der Waals surface area (Å²) in [4.78, 5) is 3.52. The molecule has 5 nitrogen and oxygen atoms in total. The number of nitrogens with zero attached hydrogens (tertiary/aromatic N) is 5. The van der Waals surface area contributed by atoms with Crippen molar-refractivity contribution in [2.24, 2.45) is 0 Å². The molecule has 1 heterocycles. The minimum Gasteiger partial charge on any atom is -0.295 e. The van der Waals surface area contributed by atoms with E-state index in [0.717, 1.165) is 31.9 Å². The fourth-order valence-electron chi connectivity index (χ4n) is 2.06. The van der Waals surface area contributed by atoms with Gasteiger partial charge in [0, 0.05) is 18.0 Å². The molecule has 0 radical (unpaired) electrons. The third kappa shape index (κ3) is 4.05. The Labute approximate surface area is 124 Å². The molecule has 0 fully saturated rings. The average molecular weight is 291 g/mol. The normalized spacial score (nSPS) is 11.2. The summed E-state index contributed by atoms with van der Waals surface area (Å²) < 4.78 is 1.88. The molecule has 20 heavy (non-hydrogen) atoms. The van der Waals surface area contributed by atoms with Crippen molar-refractivity contribution in [2.45, 2.75) is 37.9 Å². The van der Waals surface area contributed by atoms with Crippen LogP contribution in [0.4, 0.5) is 0 Å². The lowest BCUT2D eigenvalue weighted by atomic mass is 10.2. The molecule has 0 aliphatic rings. The van der Waals surface area contributed by atoms with E-state index >= 15 is 0 Å². The van der Waals surface area contributed by atoms with Crippen molar-refractivity contribution in [3.63, 3.8) is 0 Å². The van der Waals surface area contributed by atoms with Gasteiger partial charge in [-0.1, -0.05) is 19.1 Å². The highest BCUT2D eigenvalue weighted by Crippen LogP contribution is 2.16. The summed E-state index contributed by atoms with van der Waals surface area (Å²) in [6.45, 7) is 4.66. The molecule has 0 saturated carbocycles. The van der Waals surface area contributed by atoms with Gasteiger partial charge in [-0.05, 0) is 47.8 Å². The van der Waals surface area contributed by atoms with Gasteiger partial charge >= 0.3 is 0 Å². The van der Waals surface area contributed by atoms with E-state index < -0.39 is 0 Å². The minimum absolute atomic E-state index is 0.761. The first kappa shape index (κ1) is 15.0. The van der Waals surface area contributed by atoms with E-state index in [1.54, 1.807) is 11.8 Å². The third-order valence-electron chi connectivity index (χ3n) is 3.06. The molecule has 0 bridgehead atoms. The summed E-state index contributed by atoms with van der Waals surface area (Å²) in [7, 11) is 2.09. The number of thioether (sulfide) groups is 1. The quantitative estimate of drug-likeness (QED) is 0.733. The van der Waals surface area contributed by atoms with Crippen LogP contribution < -0.4 is 0 Å². The van der Waals surface area contributed by atoms with Gasteiger partial charge in [-0.25, -0.2) is 4.68 Å². The maximum Gasteiger partial charge on any atom is 0.165 e. The van der Waals surface area contributed by atoms with E-state index in [4.69, 9.17) is 0 Å². The van der Waals surface area contributed by atoms with Crippen LogP contribution in [0, 0.1) is 0 Å². The highest BCUT2D eigenvalue weighted by molar-refractivity contribution is 7.98.